The molecule has 0 radical (unpaired) electrons. The summed E-state index contributed by atoms with van der Waals surface area (Å²) in [4.78, 5) is 20.7. The molecule has 0 aliphatic heterocycles. The van der Waals surface area contributed by atoms with E-state index in [2.05, 4.69) is 24.1 Å². The van der Waals surface area contributed by atoms with E-state index in [9.17, 15) is 9.59 Å². The first-order chi connectivity index (χ1) is 9.99. The van der Waals surface area contributed by atoms with Crippen LogP contribution in [0.25, 0.3) is 0 Å². The molecule has 0 heterocycles. The van der Waals surface area contributed by atoms with E-state index < -0.39 is 0 Å². The van der Waals surface area contributed by atoms with Crippen molar-refractivity contribution in [2.75, 3.05) is 19.6 Å². The summed E-state index contributed by atoms with van der Waals surface area (Å²) in [5.41, 5.74) is 11.5. The molecule has 0 aliphatic rings. The normalized spacial score (nSPS) is 10.9. The van der Waals surface area contributed by atoms with Gasteiger partial charge in [0, 0.05) is 24.7 Å². The Morgan fingerprint density at radius 3 is 2.43 bits per heavy atom. The average molecular weight is 300 g/mol. The summed E-state index contributed by atoms with van der Waals surface area (Å²) in [6, 6.07) is 0.400. The van der Waals surface area contributed by atoms with Crippen molar-refractivity contribution in [1.82, 2.24) is 10.6 Å². The van der Waals surface area contributed by atoms with E-state index >= 15 is 0 Å². The molecule has 0 bridgehead atoms. The lowest BCUT2D eigenvalue weighted by atomic mass is 10.1. The maximum Gasteiger partial charge on any atom is 0.246 e. The molecule has 0 aliphatic carbocycles. The number of nitrogens with two attached hydrogens (primary N) is 2. The maximum absolute atomic E-state index is 10.9. The van der Waals surface area contributed by atoms with Gasteiger partial charge in [0.1, 0.15) is 0 Å². The zero-order valence-corrected chi connectivity index (χ0v) is 13.5. The van der Waals surface area contributed by atoms with E-state index in [1.807, 2.05) is 0 Å². The predicted molar refractivity (Wildman–Crippen MR) is 87.7 cm³/mol. The fourth-order valence-electron chi connectivity index (χ4n) is 1.36. The highest BCUT2D eigenvalue weighted by molar-refractivity contribution is 5.91. The molecule has 0 saturated carbocycles. The van der Waals surface area contributed by atoms with Gasteiger partial charge in [0.25, 0.3) is 0 Å². The van der Waals surface area contributed by atoms with Crippen LogP contribution in [0, 0.1) is 0 Å². The fourth-order valence-corrected chi connectivity index (χ4v) is 1.36. The van der Waals surface area contributed by atoms with Crippen molar-refractivity contribution in [3.05, 3.63) is 12.2 Å². The van der Waals surface area contributed by atoms with Gasteiger partial charge in [-0.1, -0.05) is 19.9 Å². The van der Waals surface area contributed by atoms with Gasteiger partial charge < -0.3 is 22.1 Å². The molecule has 0 saturated heterocycles. The zero-order valence-electron chi connectivity index (χ0n) is 13.5. The molecule has 6 nitrogen and oxygen atoms in total. The SMILES string of the molecule is C=C(C)C(=O)NCCCNC=O.CCC(N)CCCCN. The fraction of sp³-hybridized carbons (Fsp3) is 0.733. The van der Waals surface area contributed by atoms with Gasteiger partial charge in [0.15, 0.2) is 0 Å². The summed E-state index contributed by atoms with van der Waals surface area (Å²) in [5.74, 6) is -0.138. The van der Waals surface area contributed by atoms with Crippen molar-refractivity contribution >= 4 is 12.3 Å². The Bertz CT molecular complexity index is 283. The van der Waals surface area contributed by atoms with Crippen LogP contribution in [0.15, 0.2) is 12.2 Å². The van der Waals surface area contributed by atoms with Crippen molar-refractivity contribution in [2.24, 2.45) is 11.5 Å². The third kappa shape index (κ3) is 18.6. The Balaban J connectivity index is 0. The molecule has 6 heteroatoms. The summed E-state index contributed by atoms with van der Waals surface area (Å²) >= 11 is 0. The number of carbonyl (C=O) groups is 2. The van der Waals surface area contributed by atoms with E-state index in [0.29, 0.717) is 31.1 Å². The third-order valence-corrected chi connectivity index (χ3v) is 2.81. The molecule has 0 aromatic carbocycles. The van der Waals surface area contributed by atoms with Crippen LogP contribution in [0.3, 0.4) is 0 Å². The topological polar surface area (TPSA) is 110 Å². The molecular formula is C15H32N4O2. The quantitative estimate of drug-likeness (QED) is 0.255. The van der Waals surface area contributed by atoms with Gasteiger partial charge in [-0.3, -0.25) is 9.59 Å². The summed E-state index contributed by atoms with van der Waals surface area (Å²) in [7, 11) is 0. The first-order valence-corrected chi connectivity index (χ1v) is 7.55. The maximum atomic E-state index is 10.9. The summed E-state index contributed by atoms with van der Waals surface area (Å²) in [6.45, 7) is 9.20. The van der Waals surface area contributed by atoms with E-state index in [1.54, 1.807) is 6.92 Å². The highest BCUT2D eigenvalue weighted by atomic mass is 16.1. The number of nitrogens with one attached hydrogen (secondary N) is 2. The first kappa shape index (κ1) is 21.9. The molecule has 1 atom stereocenters. The lowest BCUT2D eigenvalue weighted by Gasteiger charge is -2.05. The van der Waals surface area contributed by atoms with E-state index in [1.165, 1.54) is 6.42 Å². The van der Waals surface area contributed by atoms with Crippen LogP contribution in [0.5, 0.6) is 0 Å². The highest BCUT2D eigenvalue weighted by Gasteiger charge is 1.98. The predicted octanol–water partition coefficient (Wildman–Crippen LogP) is 0.668. The number of hydrogen-bond donors (Lipinski definition) is 4. The van der Waals surface area contributed by atoms with Crippen LogP contribution in [0.1, 0.15) is 46.0 Å². The molecular weight excluding hydrogens is 268 g/mol. The monoisotopic (exact) mass is 300 g/mol. The Kier molecular flexibility index (Phi) is 17.4. The van der Waals surface area contributed by atoms with Crippen LogP contribution >= 0.6 is 0 Å². The van der Waals surface area contributed by atoms with Crippen LogP contribution in [0.4, 0.5) is 0 Å². The van der Waals surface area contributed by atoms with E-state index in [0.717, 1.165) is 32.2 Å². The minimum atomic E-state index is -0.138. The number of unbranched alkanes of at least 4 members (excludes halogenated alkanes) is 1. The van der Waals surface area contributed by atoms with Gasteiger partial charge in [0.2, 0.25) is 12.3 Å². The molecule has 0 fully saturated rings. The molecule has 2 amide bonds. The molecule has 21 heavy (non-hydrogen) atoms. The van der Waals surface area contributed by atoms with E-state index in [4.69, 9.17) is 11.5 Å². The molecule has 0 aromatic rings. The Labute approximate surface area is 128 Å². The minimum absolute atomic E-state index is 0.138. The lowest BCUT2D eigenvalue weighted by molar-refractivity contribution is -0.117. The van der Waals surface area contributed by atoms with Crippen LogP contribution < -0.4 is 22.1 Å². The molecule has 0 spiro atoms. The largest absolute Gasteiger partial charge is 0.359 e. The Hall–Kier alpha value is -1.40. The second-order valence-electron chi connectivity index (χ2n) is 4.91. The van der Waals surface area contributed by atoms with Crippen LogP contribution in [0.2, 0.25) is 0 Å². The first-order valence-electron chi connectivity index (χ1n) is 7.55. The van der Waals surface area contributed by atoms with Crippen molar-refractivity contribution in [3.63, 3.8) is 0 Å². The summed E-state index contributed by atoms with van der Waals surface area (Å²) in [6.07, 6.45) is 5.90. The Morgan fingerprint density at radius 2 is 1.95 bits per heavy atom. The molecule has 6 N–H and O–H groups in total. The summed E-state index contributed by atoms with van der Waals surface area (Å²) in [5, 5.41) is 5.14. The Morgan fingerprint density at radius 1 is 1.29 bits per heavy atom. The zero-order chi connectivity index (χ0) is 16.5. The molecule has 0 rings (SSSR count). The molecule has 1 unspecified atom stereocenters. The minimum Gasteiger partial charge on any atom is -0.359 e. The van der Waals surface area contributed by atoms with Crippen molar-refractivity contribution in [1.29, 1.82) is 0 Å². The van der Waals surface area contributed by atoms with E-state index in [-0.39, 0.29) is 5.91 Å². The van der Waals surface area contributed by atoms with Gasteiger partial charge in [-0.15, -0.1) is 0 Å². The standard InChI is InChI=1S/C8H14N2O2.C7H18N2/c1-7(2)8(12)10-5-3-4-9-6-11;1-2-7(9)5-3-4-6-8/h6H,1,3-5H2,2H3,(H,9,11)(H,10,12);7H,2-6,8-9H2,1H3. The van der Waals surface area contributed by atoms with Crippen molar-refractivity contribution in [3.8, 4) is 0 Å². The lowest BCUT2D eigenvalue weighted by Crippen LogP contribution is -2.27. The third-order valence-electron chi connectivity index (χ3n) is 2.81. The average Bonchev–Trinajstić information content (AvgIpc) is 2.47. The van der Waals surface area contributed by atoms with Crippen LogP contribution in [-0.4, -0.2) is 38.0 Å². The molecule has 0 aromatic heterocycles. The van der Waals surface area contributed by atoms with Crippen molar-refractivity contribution in [2.45, 2.75) is 52.0 Å². The second-order valence-corrected chi connectivity index (χ2v) is 4.91. The van der Waals surface area contributed by atoms with Crippen molar-refractivity contribution < 1.29 is 9.59 Å². The molecule has 124 valence electrons. The number of hydrogen-bond acceptors (Lipinski definition) is 4. The van der Waals surface area contributed by atoms with Crippen LogP contribution in [-0.2, 0) is 9.59 Å². The van der Waals surface area contributed by atoms with Gasteiger partial charge in [-0.2, -0.15) is 0 Å². The van der Waals surface area contributed by atoms with Gasteiger partial charge in [-0.05, 0) is 39.2 Å². The second kappa shape index (κ2) is 16.7. The van der Waals surface area contributed by atoms with Gasteiger partial charge in [0.05, 0.1) is 0 Å². The number of rotatable bonds is 11. The van der Waals surface area contributed by atoms with Gasteiger partial charge >= 0.3 is 0 Å². The smallest absolute Gasteiger partial charge is 0.246 e. The number of amides is 2. The number of carbonyl (C=O) groups excluding carboxylic acids is 2. The highest BCUT2D eigenvalue weighted by Crippen LogP contribution is 1.99. The van der Waals surface area contributed by atoms with Gasteiger partial charge in [-0.25, -0.2) is 0 Å². The summed E-state index contributed by atoms with van der Waals surface area (Å²) < 4.78 is 0.